The second-order valence-electron chi connectivity index (χ2n) is 4.11. The molecule has 2 rings (SSSR count). The van der Waals surface area contributed by atoms with E-state index in [2.05, 4.69) is 0 Å². The van der Waals surface area contributed by atoms with Crippen molar-refractivity contribution in [2.75, 3.05) is 0 Å². The van der Waals surface area contributed by atoms with E-state index in [-0.39, 0.29) is 15.1 Å². The molecule has 2 aromatic rings. The maximum Gasteiger partial charge on any atom is 0.417 e. The van der Waals surface area contributed by atoms with E-state index in [0.29, 0.717) is 6.07 Å². The van der Waals surface area contributed by atoms with Crippen LogP contribution in [0.15, 0.2) is 18.2 Å². The van der Waals surface area contributed by atoms with E-state index in [1.165, 1.54) is 0 Å². The molecule has 0 aliphatic rings. The van der Waals surface area contributed by atoms with Crippen LogP contribution >= 0.6 is 58.0 Å². The van der Waals surface area contributed by atoms with Gasteiger partial charge in [0.15, 0.2) is 0 Å². The number of halogens is 9. The molecule has 0 nitrogen and oxygen atoms in total. The Morgan fingerprint density at radius 3 is 1.59 bits per heavy atom. The SMILES string of the molecule is Fc1cccc(C(F)(F)F)c1-c1c(Cl)c(Cl)c(Cl)c(Cl)c1Cl. The summed E-state index contributed by atoms with van der Waals surface area (Å²) in [5, 5.41) is -1.70. The summed E-state index contributed by atoms with van der Waals surface area (Å²) in [6, 6.07) is 2.46. The van der Waals surface area contributed by atoms with Crippen molar-refractivity contribution in [1.29, 1.82) is 0 Å². The highest BCUT2D eigenvalue weighted by molar-refractivity contribution is 6.56. The van der Waals surface area contributed by atoms with Gasteiger partial charge < -0.3 is 0 Å². The fourth-order valence-electron chi connectivity index (χ4n) is 1.84. The van der Waals surface area contributed by atoms with Gasteiger partial charge >= 0.3 is 6.18 Å². The molecule has 0 spiro atoms. The van der Waals surface area contributed by atoms with E-state index in [1.54, 1.807) is 0 Å². The molecule has 0 atom stereocenters. The molecule has 0 amide bonds. The molecule has 9 heteroatoms. The fourth-order valence-corrected chi connectivity index (χ4v) is 3.17. The zero-order valence-electron chi connectivity index (χ0n) is 10.1. The van der Waals surface area contributed by atoms with Gasteiger partial charge in [0.05, 0.1) is 30.7 Å². The summed E-state index contributed by atoms with van der Waals surface area (Å²) < 4.78 is 53.4. The van der Waals surface area contributed by atoms with E-state index >= 15 is 0 Å². The van der Waals surface area contributed by atoms with Gasteiger partial charge in [-0.2, -0.15) is 13.2 Å². The van der Waals surface area contributed by atoms with Crippen LogP contribution < -0.4 is 0 Å². The lowest BCUT2D eigenvalue weighted by atomic mass is 9.98. The molecular formula is C13H3Cl5F4. The highest BCUT2D eigenvalue weighted by Gasteiger charge is 2.37. The van der Waals surface area contributed by atoms with Gasteiger partial charge in [-0.1, -0.05) is 64.1 Å². The van der Waals surface area contributed by atoms with Crippen LogP contribution in [0.2, 0.25) is 25.1 Å². The number of hydrogen-bond acceptors (Lipinski definition) is 0. The van der Waals surface area contributed by atoms with Crippen molar-refractivity contribution in [2.45, 2.75) is 6.18 Å². The predicted molar refractivity (Wildman–Crippen MR) is 81.9 cm³/mol. The average Bonchev–Trinajstić information content (AvgIpc) is 2.43. The quantitative estimate of drug-likeness (QED) is 0.255. The summed E-state index contributed by atoms with van der Waals surface area (Å²) in [5.74, 6) is -1.17. The maximum absolute atomic E-state index is 14.1. The zero-order chi connectivity index (χ0) is 16.8. The van der Waals surface area contributed by atoms with E-state index in [0.717, 1.165) is 12.1 Å². The van der Waals surface area contributed by atoms with E-state index < -0.39 is 38.7 Å². The minimum absolute atomic E-state index is 0.230. The topological polar surface area (TPSA) is 0 Å². The molecule has 0 saturated carbocycles. The standard InChI is InChI=1S/C13H3Cl5F4/c14-8-7(9(15)11(17)12(18)10(8)16)6-4(13(20,21)22)2-1-3-5(6)19/h1-3H. The second-order valence-corrected chi connectivity index (χ2v) is 5.99. The smallest absolute Gasteiger partial charge is 0.206 e. The molecule has 0 fully saturated rings. The van der Waals surface area contributed by atoms with Gasteiger partial charge in [0, 0.05) is 11.1 Å². The Morgan fingerprint density at radius 1 is 0.682 bits per heavy atom. The van der Waals surface area contributed by atoms with Crippen LogP contribution in [0.3, 0.4) is 0 Å². The molecule has 0 N–H and O–H groups in total. The van der Waals surface area contributed by atoms with E-state index in [1.807, 2.05) is 0 Å². The van der Waals surface area contributed by atoms with Gasteiger partial charge in [0.25, 0.3) is 0 Å². The Kier molecular flexibility index (Phi) is 5.10. The first-order valence-corrected chi connectivity index (χ1v) is 7.33. The first-order valence-electron chi connectivity index (χ1n) is 5.44. The zero-order valence-corrected chi connectivity index (χ0v) is 13.9. The van der Waals surface area contributed by atoms with Crippen molar-refractivity contribution >= 4 is 58.0 Å². The van der Waals surface area contributed by atoms with Crippen LogP contribution in [-0.4, -0.2) is 0 Å². The van der Waals surface area contributed by atoms with Gasteiger partial charge in [-0.3, -0.25) is 0 Å². The minimum atomic E-state index is -4.83. The molecule has 0 bridgehead atoms. The average molecular weight is 412 g/mol. The van der Waals surface area contributed by atoms with Crippen molar-refractivity contribution in [1.82, 2.24) is 0 Å². The fraction of sp³-hybridized carbons (Fsp3) is 0.0769. The number of hydrogen-bond donors (Lipinski definition) is 0. The predicted octanol–water partition coefficient (Wildman–Crippen LogP) is 7.78. The second kappa shape index (κ2) is 6.25. The molecule has 0 heterocycles. The molecule has 0 saturated heterocycles. The van der Waals surface area contributed by atoms with Gasteiger partial charge in [0.2, 0.25) is 0 Å². The van der Waals surface area contributed by atoms with Crippen LogP contribution in [-0.2, 0) is 6.18 Å². The first kappa shape index (κ1) is 18.0. The highest BCUT2D eigenvalue weighted by Crippen LogP contribution is 2.51. The Bertz CT molecular complexity index is 726. The van der Waals surface area contributed by atoms with Crippen LogP contribution in [0, 0.1) is 5.82 Å². The van der Waals surface area contributed by atoms with Crippen molar-refractivity contribution in [2.24, 2.45) is 0 Å². The summed E-state index contributed by atoms with van der Waals surface area (Å²) in [6.07, 6.45) is -4.83. The Labute approximate surface area is 147 Å². The van der Waals surface area contributed by atoms with Crippen molar-refractivity contribution in [3.63, 3.8) is 0 Å². The molecule has 0 aliphatic heterocycles. The molecule has 0 unspecified atom stereocenters. The Balaban J connectivity index is 2.96. The van der Waals surface area contributed by atoms with E-state index in [9.17, 15) is 17.6 Å². The van der Waals surface area contributed by atoms with Crippen LogP contribution in [0.5, 0.6) is 0 Å². The first-order chi connectivity index (χ1) is 10.1. The Hall–Kier alpha value is -0.390. The molecule has 22 heavy (non-hydrogen) atoms. The van der Waals surface area contributed by atoms with Gasteiger partial charge in [0.1, 0.15) is 5.82 Å². The summed E-state index contributed by atoms with van der Waals surface area (Å²) in [4.78, 5) is 0. The number of rotatable bonds is 1. The van der Waals surface area contributed by atoms with Gasteiger partial charge in [-0.15, -0.1) is 0 Å². The van der Waals surface area contributed by atoms with Crippen molar-refractivity contribution in [3.05, 3.63) is 54.7 Å². The maximum atomic E-state index is 14.1. The van der Waals surface area contributed by atoms with Crippen LogP contribution in [0.4, 0.5) is 17.6 Å². The van der Waals surface area contributed by atoms with Crippen LogP contribution in [0.1, 0.15) is 5.56 Å². The third kappa shape index (κ3) is 3.00. The normalized spacial score (nSPS) is 11.9. The molecule has 0 aromatic heterocycles. The largest absolute Gasteiger partial charge is 0.417 e. The lowest BCUT2D eigenvalue weighted by molar-refractivity contribution is -0.137. The van der Waals surface area contributed by atoms with Gasteiger partial charge in [-0.05, 0) is 12.1 Å². The molecule has 0 aliphatic carbocycles. The number of alkyl halides is 3. The van der Waals surface area contributed by atoms with Crippen molar-refractivity contribution < 1.29 is 17.6 Å². The Morgan fingerprint density at radius 2 is 1.14 bits per heavy atom. The highest BCUT2D eigenvalue weighted by atomic mass is 35.5. The summed E-state index contributed by atoms with van der Waals surface area (Å²) in [5.41, 5.74) is -2.57. The lowest BCUT2D eigenvalue weighted by Gasteiger charge is -2.18. The van der Waals surface area contributed by atoms with Crippen molar-refractivity contribution in [3.8, 4) is 11.1 Å². The molecule has 0 radical (unpaired) electrons. The molecule has 2 aromatic carbocycles. The van der Waals surface area contributed by atoms with Crippen LogP contribution in [0.25, 0.3) is 11.1 Å². The monoisotopic (exact) mass is 410 g/mol. The number of benzene rings is 2. The third-order valence-electron chi connectivity index (χ3n) is 2.78. The lowest BCUT2D eigenvalue weighted by Crippen LogP contribution is -2.09. The van der Waals surface area contributed by atoms with E-state index in [4.69, 9.17) is 58.0 Å². The molecular weight excluding hydrogens is 409 g/mol. The summed E-state index contributed by atoms with van der Waals surface area (Å²) in [6.45, 7) is 0. The summed E-state index contributed by atoms with van der Waals surface area (Å²) in [7, 11) is 0. The molecule has 118 valence electrons. The third-order valence-corrected chi connectivity index (χ3v) is 5.06. The van der Waals surface area contributed by atoms with Gasteiger partial charge in [-0.25, -0.2) is 4.39 Å². The summed E-state index contributed by atoms with van der Waals surface area (Å²) >= 11 is 29.2. The minimum Gasteiger partial charge on any atom is -0.206 e.